The smallest absolute Gasteiger partial charge is 0.320 e. The summed E-state index contributed by atoms with van der Waals surface area (Å²) in [4.78, 5) is 65.4. The number of phenolic OH excluding ortho intramolecular Hbond substituents is 1. The summed E-state index contributed by atoms with van der Waals surface area (Å²) in [6.45, 7) is 1.57. The molecule has 1 aromatic carbocycles. The van der Waals surface area contributed by atoms with Crippen LogP contribution in [0.4, 0.5) is 0 Å². The largest absolute Gasteiger partial charge is 0.508 e. The van der Waals surface area contributed by atoms with Gasteiger partial charge >= 0.3 is 11.9 Å². The molecule has 0 radical (unpaired) electrons. The minimum atomic E-state index is -2.86. The van der Waals surface area contributed by atoms with E-state index in [1.165, 1.54) is 6.07 Å². The van der Waals surface area contributed by atoms with Crippen LogP contribution in [0.15, 0.2) is 35.1 Å². The number of phenols is 1. The van der Waals surface area contributed by atoms with E-state index in [9.17, 15) is 44.4 Å². The Balaban J connectivity index is 1.47. The molecule has 2 fully saturated rings. The van der Waals surface area contributed by atoms with Crippen molar-refractivity contribution in [1.82, 2.24) is 0 Å². The van der Waals surface area contributed by atoms with Gasteiger partial charge in [-0.05, 0) is 37.3 Å². The third-order valence-corrected chi connectivity index (χ3v) is 12.3. The van der Waals surface area contributed by atoms with Gasteiger partial charge in [0.25, 0.3) is 0 Å². The number of carbonyl (C=O) groups excluding carboxylic acids is 4. The quantitative estimate of drug-likeness (QED) is 0.0818. The van der Waals surface area contributed by atoms with Gasteiger partial charge in [0.2, 0.25) is 5.78 Å². The Hall–Kier alpha value is -3.68. The maximum absolute atomic E-state index is 14.5. The fourth-order valence-electron chi connectivity index (χ4n) is 8.09. The molecule has 0 amide bonds. The van der Waals surface area contributed by atoms with Crippen LogP contribution in [0.25, 0.3) is 5.76 Å². The summed E-state index contributed by atoms with van der Waals surface area (Å²) in [5, 5.41) is 55.6. The number of aromatic hydroxyl groups is 1. The molecule has 1 aromatic rings. The highest BCUT2D eigenvalue weighted by atomic mass is 32.2. The summed E-state index contributed by atoms with van der Waals surface area (Å²) in [7, 11) is 0. The number of rotatable bonds is 15. The molecule has 1 unspecified atom stereocenters. The zero-order chi connectivity index (χ0) is 36.3. The van der Waals surface area contributed by atoms with Crippen molar-refractivity contribution in [1.29, 1.82) is 0 Å². The van der Waals surface area contributed by atoms with Crippen LogP contribution in [-0.2, 0) is 28.7 Å². The number of allylic oxidation sites excluding steroid dienone is 1. The van der Waals surface area contributed by atoms with Gasteiger partial charge in [-0.1, -0.05) is 57.6 Å². The second-order valence-corrected chi connectivity index (χ2v) is 15.2. The number of thioether (sulfide) groups is 1. The minimum absolute atomic E-state index is 0.0170. The van der Waals surface area contributed by atoms with Crippen LogP contribution in [-0.4, -0.2) is 83.6 Å². The molecule has 0 saturated heterocycles. The summed E-state index contributed by atoms with van der Waals surface area (Å²) in [6, 6.07) is 3.79. The first-order valence-electron chi connectivity index (χ1n) is 17.6. The first-order valence-corrected chi connectivity index (χ1v) is 18.7. The van der Waals surface area contributed by atoms with Crippen LogP contribution in [0, 0.1) is 11.8 Å². The minimum Gasteiger partial charge on any atom is -0.508 e. The van der Waals surface area contributed by atoms with E-state index in [1.807, 2.05) is 0 Å². The maximum atomic E-state index is 14.5. The van der Waals surface area contributed by atoms with Gasteiger partial charge in [-0.25, -0.2) is 0 Å². The standard InChI is InChI=1S/C37H47NO11S/c1-2-27(42)49-33-22-17-26(41)30(25(40)15-7-5-3-4-6-14-23(38)36(46)47)34(44)37(22,48)35(45)31-29(33)21(18-50-19-11-8-9-12-19)20-13-10-16-24(39)28(20)32(31)43/h10,13,16,19,21-23,29,33,39,43-44,48H,2-9,11-12,14-15,17-18,38H2,1H3,(H,46,47)/t21-,22+,23?,29+,33+,37+/m0/s1. The number of benzene rings is 1. The predicted octanol–water partition coefficient (Wildman–Crippen LogP) is 4.80. The van der Waals surface area contributed by atoms with Gasteiger partial charge in [0.15, 0.2) is 17.2 Å². The Labute approximate surface area is 295 Å². The summed E-state index contributed by atoms with van der Waals surface area (Å²) in [6.07, 6.45) is 5.33. The fourth-order valence-corrected chi connectivity index (χ4v) is 9.62. The molecule has 0 heterocycles. The molecule has 12 nitrogen and oxygen atoms in total. The summed E-state index contributed by atoms with van der Waals surface area (Å²) in [5.41, 5.74) is 2.22. The molecule has 272 valence electrons. The number of aliphatic hydroxyl groups excluding tert-OH is 2. The van der Waals surface area contributed by atoms with Crippen molar-refractivity contribution < 1.29 is 54.2 Å². The number of unbranched alkanes of at least 4 members (excludes halogenated alkanes) is 4. The number of nitrogens with two attached hydrogens (primary N) is 1. The lowest BCUT2D eigenvalue weighted by Crippen LogP contribution is -2.64. The van der Waals surface area contributed by atoms with Crippen LogP contribution in [0.5, 0.6) is 5.75 Å². The van der Waals surface area contributed by atoms with Crippen molar-refractivity contribution in [3.8, 4) is 5.75 Å². The van der Waals surface area contributed by atoms with Crippen LogP contribution in [0.3, 0.4) is 0 Å². The average Bonchev–Trinajstić information content (AvgIpc) is 3.60. The monoisotopic (exact) mass is 713 g/mol. The second-order valence-electron chi connectivity index (χ2n) is 13.9. The molecule has 4 aliphatic rings. The number of aliphatic carboxylic acids is 1. The normalized spacial score (nSPS) is 27.1. The molecule has 13 heteroatoms. The Morgan fingerprint density at radius 3 is 2.40 bits per heavy atom. The van der Waals surface area contributed by atoms with Crippen molar-refractivity contribution in [2.45, 2.75) is 119 Å². The van der Waals surface area contributed by atoms with Gasteiger partial charge in [-0.3, -0.25) is 24.0 Å². The lowest BCUT2D eigenvalue weighted by Gasteiger charge is -2.52. The Morgan fingerprint density at radius 2 is 1.72 bits per heavy atom. The number of hydrogen-bond acceptors (Lipinski definition) is 12. The molecule has 5 rings (SSSR count). The van der Waals surface area contributed by atoms with Gasteiger partial charge in [0.1, 0.15) is 35.0 Å². The molecule has 2 saturated carbocycles. The third kappa shape index (κ3) is 7.09. The van der Waals surface area contributed by atoms with E-state index >= 15 is 0 Å². The number of ether oxygens (including phenoxy) is 1. The topological polar surface area (TPSA) is 222 Å². The first kappa shape index (κ1) is 37.6. The van der Waals surface area contributed by atoms with Gasteiger partial charge in [-0.2, -0.15) is 11.8 Å². The molecular formula is C37H47NO11S. The molecule has 4 aliphatic carbocycles. The number of aliphatic hydroxyl groups is 3. The van der Waals surface area contributed by atoms with Crippen molar-refractivity contribution in [3.63, 3.8) is 0 Å². The van der Waals surface area contributed by atoms with Gasteiger partial charge in [0, 0.05) is 53.6 Å². The summed E-state index contributed by atoms with van der Waals surface area (Å²) in [5.74, 6) is -8.96. The van der Waals surface area contributed by atoms with Gasteiger partial charge < -0.3 is 36.0 Å². The number of carboxylic acid groups (broad SMARTS) is 1. The Kier molecular flexibility index (Phi) is 11.8. The molecule has 6 atom stereocenters. The predicted molar refractivity (Wildman–Crippen MR) is 184 cm³/mol. The molecular weight excluding hydrogens is 666 g/mol. The Morgan fingerprint density at radius 1 is 1.04 bits per heavy atom. The maximum Gasteiger partial charge on any atom is 0.320 e. The number of carboxylic acids is 1. The van der Waals surface area contributed by atoms with Crippen molar-refractivity contribution in [2.24, 2.45) is 17.6 Å². The summed E-state index contributed by atoms with van der Waals surface area (Å²) < 4.78 is 5.94. The molecule has 0 aromatic heterocycles. The van der Waals surface area contributed by atoms with Crippen LogP contribution in [0.1, 0.15) is 107 Å². The van der Waals surface area contributed by atoms with E-state index < -0.39 is 88.3 Å². The number of fused-ring (bicyclic) bond motifs is 3. The van der Waals surface area contributed by atoms with E-state index in [0.717, 1.165) is 25.7 Å². The lowest BCUT2D eigenvalue weighted by atomic mass is 9.55. The van der Waals surface area contributed by atoms with E-state index in [4.69, 9.17) is 15.6 Å². The van der Waals surface area contributed by atoms with Crippen LogP contribution >= 0.6 is 11.8 Å². The zero-order valence-corrected chi connectivity index (χ0v) is 29.1. The molecule has 0 spiro atoms. The highest BCUT2D eigenvalue weighted by molar-refractivity contribution is 7.99. The Bertz CT molecular complexity index is 1600. The number of esters is 1. The van der Waals surface area contributed by atoms with E-state index in [-0.39, 0.29) is 29.7 Å². The van der Waals surface area contributed by atoms with Crippen molar-refractivity contribution in [2.75, 3.05) is 5.75 Å². The van der Waals surface area contributed by atoms with E-state index in [1.54, 1.807) is 30.8 Å². The zero-order valence-electron chi connectivity index (χ0n) is 28.3. The van der Waals surface area contributed by atoms with Crippen molar-refractivity contribution in [3.05, 3.63) is 46.2 Å². The molecule has 0 aliphatic heterocycles. The number of carbonyl (C=O) groups is 5. The van der Waals surface area contributed by atoms with E-state index in [2.05, 4.69) is 0 Å². The molecule has 50 heavy (non-hydrogen) atoms. The van der Waals surface area contributed by atoms with E-state index in [0.29, 0.717) is 55.1 Å². The average molecular weight is 714 g/mol. The SMILES string of the molecule is CCC(=O)O[C@H]1[C@H]2C(=C(O)c3c(O)cccc3[C@@H]2CSC2CCCC2)C(=O)[C@]2(O)C(O)=C(C(=O)CCCCCCCC(N)C(=O)O)C(=O)C[C@H]12. The number of Topliss-reactive ketones (excluding diaryl/α,β-unsaturated/α-hetero) is 3. The van der Waals surface area contributed by atoms with Gasteiger partial charge in [0.05, 0.1) is 5.56 Å². The lowest BCUT2D eigenvalue weighted by molar-refractivity contribution is -0.178. The molecule has 7 N–H and O–H groups in total. The highest BCUT2D eigenvalue weighted by Gasteiger charge is 2.66. The number of ketones is 3. The van der Waals surface area contributed by atoms with Gasteiger partial charge in [-0.15, -0.1) is 0 Å². The number of hydrogen-bond donors (Lipinski definition) is 6. The van der Waals surface area contributed by atoms with Crippen LogP contribution < -0.4 is 5.73 Å². The molecule has 0 bridgehead atoms. The fraction of sp³-hybridized carbons (Fsp3) is 0.595. The highest BCUT2D eigenvalue weighted by Crippen LogP contribution is 2.57. The van der Waals surface area contributed by atoms with Crippen molar-refractivity contribution >= 4 is 46.8 Å². The second kappa shape index (κ2) is 15.7. The van der Waals surface area contributed by atoms with Crippen LogP contribution in [0.2, 0.25) is 0 Å². The summed E-state index contributed by atoms with van der Waals surface area (Å²) >= 11 is 1.70. The first-order chi connectivity index (χ1) is 23.8. The third-order valence-electron chi connectivity index (χ3n) is 10.8.